The molecule has 0 saturated heterocycles. The minimum atomic E-state index is 0.206. The molecule has 0 fully saturated rings. The molecule has 3 nitrogen and oxygen atoms in total. The lowest BCUT2D eigenvalue weighted by molar-refractivity contribution is 0.0921. The molecule has 96 valence electrons. The van der Waals surface area contributed by atoms with Crippen molar-refractivity contribution in [1.82, 2.24) is 9.88 Å². The van der Waals surface area contributed by atoms with Crippen LogP contribution >= 0.6 is 0 Å². The third kappa shape index (κ3) is 3.70. The Morgan fingerprint density at radius 2 is 2.12 bits per heavy atom. The van der Waals surface area contributed by atoms with Crippen LogP contribution in [0.3, 0.4) is 0 Å². The summed E-state index contributed by atoms with van der Waals surface area (Å²) < 4.78 is 0. The summed E-state index contributed by atoms with van der Waals surface area (Å²) in [4.78, 5) is 17.4. The van der Waals surface area contributed by atoms with Crippen molar-refractivity contribution in [3.8, 4) is 0 Å². The molecule has 1 aromatic rings. The predicted molar refractivity (Wildman–Crippen MR) is 71.6 cm³/mol. The number of H-pyrrole nitrogens is 1. The quantitative estimate of drug-likeness (QED) is 0.771. The first-order chi connectivity index (χ1) is 7.95. The van der Waals surface area contributed by atoms with Gasteiger partial charge < -0.3 is 4.98 Å². The standard InChI is InChI=1S/C14H24N2O/c1-6-7-11(3)16(5)9-14(17)13-8-10(2)15-12(13)4/h8,11,15H,6-7,9H2,1-5H3. The maximum Gasteiger partial charge on any atom is 0.178 e. The van der Waals surface area contributed by atoms with Crippen LogP contribution in [0.25, 0.3) is 0 Å². The van der Waals surface area contributed by atoms with E-state index in [0.29, 0.717) is 12.6 Å². The van der Waals surface area contributed by atoms with Gasteiger partial charge in [-0.05, 0) is 40.3 Å². The lowest BCUT2D eigenvalue weighted by Crippen LogP contribution is -2.33. The fraction of sp³-hybridized carbons (Fsp3) is 0.643. The van der Waals surface area contributed by atoms with Gasteiger partial charge in [0, 0.05) is 23.0 Å². The van der Waals surface area contributed by atoms with Crippen LogP contribution in [0.5, 0.6) is 0 Å². The second kappa shape index (κ2) is 6.01. The van der Waals surface area contributed by atoms with E-state index in [1.54, 1.807) is 0 Å². The van der Waals surface area contributed by atoms with E-state index in [9.17, 15) is 4.79 Å². The molecule has 1 N–H and O–H groups in total. The molecule has 0 aromatic carbocycles. The largest absolute Gasteiger partial charge is 0.362 e. The SMILES string of the molecule is CCCC(C)N(C)CC(=O)c1cc(C)[nH]c1C. The molecule has 1 rings (SSSR count). The number of carbonyl (C=O) groups excluding carboxylic acids is 1. The van der Waals surface area contributed by atoms with E-state index in [4.69, 9.17) is 0 Å². The zero-order chi connectivity index (χ0) is 13.0. The van der Waals surface area contributed by atoms with Crippen molar-refractivity contribution in [2.45, 2.75) is 46.6 Å². The van der Waals surface area contributed by atoms with E-state index in [1.807, 2.05) is 27.0 Å². The Labute approximate surface area is 104 Å². The zero-order valence-corrected chi connectivity index (χ0v) is 11.6. The Bertz CT molecular complexity index is 382. The topological polar surface area (TPSA) is 36.1 Å². The summed E-state index contributed by atoms with van der Waals surface area (Å²) in [5, 5.41) is 0. The highest BCUT2D eigenvalue weighted by Gasteiger charge is 2.16. The number of aryl methyl sites for hydroxylation is 2. The molecule has 1 unspecified atom stereocenters. The van der Waals surface area contributed by atoms with E-state index in [1.165, 1.54) is 0 Å². The smallest absolute Gasteiger partial charge is 0.178 e. The average molecular weight is 236 g/mol. The lowest BCUT2D eigenvalue weighted by atomic mass is 10.1. The van der Waals surface area contributed by atoms with E-state index in [2.05, 4.69) is 23.7 Å². The van der Waals surface area contributed by atoms with E-state index < -0.39 is 0 Å². The fourth-order valence-electron chi connectivity index (χ4n) is 2.12. The number of aromatic amines is 1. The molecular weight excluding hydrogens is 212 g/mol. The van der Waals surface area contributed by atoms with Crippen LogP contribution in [0.15, 0.2) is 6.07 Å². The molecule has 0 bridgehead atoms. The van der Waals surface area contributed by atoms with Gasteiger partial charge in [-0.25, -0.2) is 0 Å². The zero-order valence-electron chi connectivity index (χ0n) is 11.6. The van der Waals surface area contributed by atoms with E-state index in [-0.39, 0.29) is 5.78 Å². The first-order valence-corrected chi connectivity index (χ1v) is 6.35. The predicted octanol–water partition coefficient (Wildman–Crippen LogP) is 2.93. The maximum absolute atomic E-state index is 12.1. The molecule has 17 heavy (non-hydrogen) atoms. The molecule has 1 aromatic heterocycles. The maximum atomic E-state index is 12.1. The van der Waals surface area contributed by atoms with E-state index >= 15 is 0 Å². The first-order valence-electron chi connectivity index (χ1n) is 6.35. The summed E-state index contributed by atoms with van der Waals surface area (Å²) in [6.07, 6.45) is 2.29. The number of nitrogens with one attached hydrogen (secondary N) is 1. The summed E-state index contributed by atoms with van der Waals surface area (Å²) in [5.41, 5.74) is 2.86. The third-order valence-electron chi connectivity index (χ3n) is 3.30. The van der Waals surface area contributed by atoms with Crippen LogP contribution in [0, 0.1) is 13.8 Å². The molecule has 0 aliphatic carbocycles. The molecule has 3 heteroatoms. The van der Waals surface area contributed by atoms with Gasteiger partial charge >= 0.3 is 0 Å². The van der Waals surface area contributed by atoms with E-state index in [0.717, 1.165) is 29.8 Å². The van der Waals surface area contributed by atoms with Crippen molar-refractivity contribution < 1.29 is 4.79 Å². The number of nitrogens with zero attached hydrogens (tertiary/aromatic N) is 1. The number of hydrogen-bond acceptors (Lipinski definition) is 2. The summed E-state index contributed by atoms with van der Waals surface area (Å²) >= 11 is 0. The van der Waals surface area contributed by atoms with Crippen molar-refractivity contribution >= 4 is 5.78 Å². The third-order valence-corrected chi connectivity index (χ3v) is 3.30. The van der Waals surface area contributed by atoms with Gasteiger partial charge in [-0.2, -0.15) is 0 Å². The van der Waals surface area contributed by atoms with Crippen molar-refractivity contribution in [3.63, 3.8) is 0 Å². The monoisotopic (exact) mass is 236 g/mol. The van der Waals surface area contributed by atoms with Gasteiger partial charge in [0.05, 0.1) is 6.54 Å². The van der Waals surface area contributed by atoms with Crippen LogP contribution in [-0.2, 0) is 0 Å². The number of likely N-dealkylation sites (N-methyl/N-ethyl adjacent to an activating group) is 1. The average Bonchev–Trinajstić information content (AvgIpc) is 2.58. The molecule has 0 aliphatic heterocycles. The number of Topliss-reactive ketones (excluding diaryl/α,β-unsaturated/α-hetero) is 1. The van der Waals surface area contributed by atoms with Crippen molar-refractivity contribution in [2.24, 2.45) is 0 Å². The molecule has 0 radical (unpaired) electrons. The van der Waals surface area contributed by atoms with Crippen LogP contribution in [-0.4, -0.2) is 35.3 Å². The highest BCUT2D eigenvalue weighted by molar-refractivity contribution is 5.98. The normalized spacial score (nSPS) is 13.1. The second-order valence-electron chi connectivity index (χ2n) is 4.97. The fourth-order valence-corrected chi connectivity index (χ4v) is 2.12. The van der Waals surface area contributed by atoms with Gasteiger partial charge in [-0.1, -0.05) is 13.3 Å². The number of rotatable bonds is 6. The Hall–Kier alpha value is -1.09. The first kappa shape index (κ1) is 14.0. The van der Waals surface area contributed by atoms with Gasteiger partial charge in [0.2, 0.25) is 0 Å². The molecular formula is C14H24N2O. The van der Waals surface area contributed by atoms with Crippen LogP contribution in [0.2, 0.25) is 0 Å². The van der Waals surface area contributed by atoms with Gasteiger partial charge in [-0.15, -0.1) is 0 Å². The Kier molecular flexibility index (Phi) is 4.94. The number of aromatic nitrogens is 1. The highest BCUT2D eigenvalue weighted by atomic mass is 16.1. The molecule has 0 aliphatic rings. The van der Waals surface area contributed by atoms with Gasteiger partial charge in [0.25, 0.3) is 0 Å². The summed E-state index contributed by atoms with van der Waals surface area (Å²) in [6.45, 7) is 8.78. The summed E-state index contributed by atoms with van der Waals surface area (Å²) in [6, 6.07) is 2.40. The van der Waals surface area contributed by atoms with Gasteiger partial charge in [0.15, 0.2) is 5.78 Å². The Morgan fingerprint density at radius 3 is 2.59 bits per heavy atom. The van der Waals surface area contributed by atoms with Gasteiger partial charge in [-0.3, -0.25) is 9.69 Å². The molecule has 0 saturated carbocycles. The molecule has 1 atom stereocenters. The molecule has 1 heterocycles. The number of ketones is 1. The minimum absolute atomic E-state index is 0.206. The second-order valence-corrected chi connectivity index (χ2v) is 4.97. The Morgan fingerprint density at radius 1 is 1.47 bits per heavy atom. The highest BCUT2D eigenvalue weighted by Crippen LogP contribution is 2.12. The summed E-state index contributed by atoms with van der Waals surface area (Å²) in [5.74, 6) is 0.206. The minimum Gasteiger partial charge on any atom is -0.362 e. The van der Waals surface area contributed by atoms with Crippen LogP contribution in [0.4, 0.5) is 0 Å². The molecule has 0 spiro atoms. The lowest BCUT2D eigenvalue weighted by Gasteiger charge is -2.23. The van der Waals surface area contributed by atoms with Gasteiger partial charge in [0.1, 0.15) is 0 Å². The van der Waals surface area contributed by atoms with Crippen molar-refractivity contribution in [1.29, 1.82) is 0 Å². The number of hydrogen-bond donors (Lipinski definition) is 1. The number of carbonyl (C=O) groups is 1. The summed E-state index contributed by atoms with van der Waals surface area (Å²) in [7, 11) is 2.02. The van der Waals surface area contributed by atoms with Crippen molar-refractivity contribution in [2.75, 3.05) is 13.6 Å². The van der Waals surface area contributed by atoms with Crippen molar-refractivity contribution in [3.05, 3.63) is 23.0 Å². The molecule has 0 amide bonds. The van der Waals surface area contributed by atoms with Crippen LogP contribution < -0.4 is 0 Å². The van der Waals surface area contributed by atoms with Crippen LogP contribution in [0.1, 0.15) is 48.4 Å². The Balaban J connectivity index is 2.63.